The van der Waals surface area contributed by atoms with E-state index in [1.165, 1.54) is 12.0 Å². The van der Waals surface area contributed by atoms with Crippen molar-refractivity contribution in [3.05, 3.63) is 87.9 Å². The Kier molecular flexibility index (Phi) is 7.18. The average molecular weight is 551 g/mol. The molecule has 9 heteroatoms. The molecule has 0 aliphatic carbocycles. The van der Waals surface area contributed by atoms with Crippen LogP contribution in [0.1, 0.15) is 42.1 Å². The number of methoxy groups -OCH3 is 2. The van der Waals surface area contributed by atoms with Crippen LogP contribution < -0.4 is 14.4 Å². The number of aliphatic hydroxyl groups is 1. The van der Waals surface area contributed by atoms with E-state index in [1.807, 2.05) is 62.4 Å². The van der Waals surface area contributed by atoms with Crippen LogP contribution in [0, 0.1) is 0 Å². The van der Waals surface area contributed by atoms with Crippen molar-refractivity contribution in [1.29, 1.82) is 0 Å². The Labute approximate surface area is 232 Å². The average Bonchev–Trinajstić information content (AvgIpc) is 2.90. The Morgan fingerprint density at radius 2 is 1.69 bits per heavy atom. The van der Waals surface area contributed by atoms with Crippen LogP contribution in [0.2, 0.25) is 5.02 Å². The highest BCUT2D eigenvalue weighted by molar-refractivity contribution is 6.30. The van der Waals surface area contributed by atoms with Gasteiger partial charge in [-0.25, -0.2) is 4.79 Å². The molecule has 1 atom stereocenters. The van der Waals surface area contributed by atoms with Gasteiger partial charge in [-0.1, -0.05) is 35.9 Å². The third-order valence-electron chi connectivity index (χ3n) is 7.16. The third-order valence-corrected chi connectivity index (χ3v) is 7.41. The number of rotatable bonds is 6. The maximum absolute atomic E-state index is 13.7. The largest absolute Gasteiger partial charge is 0.493 e. The first-order chi connectivity index (χ1) is 18.6. The standard InChI is InChI=1S/C30H31ClN2O6/c1-18(2)39-26-15-24-20(13-25(26)37-3)14-27(34)33(28(24)19-5-9-22(31)10-6-19)23-11-7-21(8-12-23)30(36)16-32(17-30)29(35)38-4/h5-13,15,18,28,36H,14,16-17H2,1-4H3. The second-order valence-electron chi connectivity index (χ2n) is 10.2. The number of carbonyl (C=O) groups is 2. The Hall–Kier alpha value is -3.75. The van der Waals surface area contributed by atoms with Crippen molar-refractivity contribution in [3.63, 3.8) is 0 Å². The first-order valence-electron chi connectivity index (χ1n) is 12.7. The van der Waals surface area contributed by atoms with Crippen molar-refractivity contribution in [1.82, 2.24) is 4.90 Å². The van der Waals surface area contributed by atoms with E-state index in [-0.39, 0.29) is 31.5 Å². The molecule has 0 saturated carbocycles. The summed E-state index contributed by atoms with van der Waals surface area (Å²) in [6.45, 7) is 4.19. The van der Waals surface area contributed by atoms with Gasteiger partial charge in [0, 0.05) is 10.7 Å². The lowest BCUT2D eigenvalue weighted by atomic mass is 9.85. The molecule has 8 nitrogen and oxygen atoms in total. The number of hydrogen-bond donors (Lipinski definition) is 1. The number of benzene rings is 3. The van der Waals surface area contributed by atoms with Crippen molar-refractivity contribution < 1.29 is 28.9 Å². The molecule has 2 heterocycles. The summed E-state index contributed by atoms with van der Waals surface area (Å²) in [6.07, 6.45) is -0.346. The molecule has 3 aromatic rings. The van der Waals surface area contributed by atoms with Crippen molar-refractivity contribution in [2.75, 3.05) is 32.2 Å². The zero-order valence-corrected chi connectivity index (χ0v) is 23.1. The Bertz CT molecular complexity index is 1380. The number of likely N-dealkylation sites (tertiary alicyclic amines) is 1. The number of ether oxygens (including phenoxy) is 3. The second-order valence-corrected chi connectivity index (χ2v) is 10.6. The lowest BCUT2D eigenvalue weighted by Gasteiger charge is -2.45. The number of β-amino-alcohol motifs (C(OH)–C–C–N with tert-alkyl or cyclic N) is 1. The van der Waals surface area contributed by atoms with Crippen LogP contribution in [0.4, 0.5) is 10.5 Å². The number of nitrogens with zero attached hydrogens (tertiary/aromatic N) is 2. The third kappa shape index (κ3) is 5.02. The van der Waals surface area contributed by atoms with Crippen molar-refractivity contribution in [2.24, 2.45) is 0 Å². The minimum Gasteiger partial charge on any atom is -0.493 e. The van der Waals surface area contributed by atoms with Crippen LogP contribution in [0.5, 0.6) is 11.5 Å². The minimum absolute atomic E-state index is 0.0628. The minimum atomic E-state index is -1.17. The van der Waals surface area contributed by atoms with E-state index in [0.29, 0.717) is 27.8 Å². The molecular weight excluding hydrogens is 520 g/mol. The van der Waals surface area contributed by atoms with Gasteiger partial charge in [-0.15, -0.1) is 0 Å². The molecule has 1 saturated heterocycles. The smallest absolute Gasteiger partial charge is 0.409 e. The van der Waals surface area contributed by atoms with Gasteiger partial charge in [0.1, 0.15) is 5.60 Å². The van der Waals surface area contributed by atoms with E-state index in [1.54, 1.807) is 24.1 Å². The zero-order valence-electron chi connectivity index (χ0n) is 22.3. The monoisotopic (exact) mass is 550 g/mol. The molecule has 204 valence electrons. The highest BCUT2D eigenvalue weighted by atomic mass is 35.5. The van der Waals surface area contributed by atoms with Gasteiger partial charge in [0.15, 0.2) is 11.5 Å². The molecular formula is C30H31ClN2O6. The van der Waals surface area contributed by atoms with E-state index in [2.05, 4.69) is 0 Å². The van der Waals surface area contributed by atoms with Gasteiger partial charge >= 0.3 is 6.09 Å². The molecule has 1 N–H and O–H groups in total. The molecule has 0 spiro atoms. The quantitative estimate of drug-likeness (QED) is 0.460. The molecule has 3 aromatic carbocycles. The Morgan fingerprint density at radius 1 is 1.03 bits per heavy atom. The summed E-state index contributed by atoms with van der Waals surface area (Å²) in [6, 6.07) is 18.1. The van der Waals surface area contributed by atoms with Gasteiger partial charge in [0.25, 0.3) is 0 Å². The molecule has 2 amide bonds. The van der Waals surface area contributed by atoms with Crippen LogP contribution in [0.15, 0.2) is 60.7 Å². The summed E-state index contributed by atoms with van der Waals surface area (Å²) in [4.78, 5) is 28.6. The van der Waals surface area contributed by atoms with Crippen LogP contribution in [0.3, 0.4) is 0 Å². The molecule has 1 unspecified atom stereocenters. The predicted molar refractivity (Wildman–Crippen MR) is 148 cm³/mol. The fourth-order valence-corrected chi connectivity index (χ4v) is 5.41. The van der Waals surface area contributed by atoms with Crippen LogP contribution >= 0.6 is 11.6 Å². The number of anilines is 1. The molecule has 1 fully saturated rings. The number of carbonyl (C=O) groups excluding carboxylic acids is 2. The highest BCUT2D eigenvalue weighted by Crippen LogP contribution is 2.44. The van der Waals surface area contributed by atoms with Crippen LogP contribution in [0.25, 0.3) is 0 Å². The molecule has 39 heavy (non-hydrogen) atoms. The summed E-state index contributed by atoms with van der Waals surface area (Å²) >= 11 is 6.20. The molecule has 0 bridgehead atoms. The van der Waals surface area contributed by atoms with Crippen molar-refractivity contribution in [3.8, 4) is 11.5 Å². The molecule has 5 rings (SSSR count). The number of halogens is 1. The lowest BCUT2D eigenvalue weighted by Crippen LogP contribution is -2.61. The summed E-state index contributed by atoms with van der Waals surface area (Å²) in [5, 5.41) is 11.6. The summed E-state index contributed by atoms with van der Waals surface area (Å²) in [5.74, 6) is 1.11. The Balaban J connectivity index is 1.55. The van der Waals surface area contributed by atoms with Gasteiger partial charge in [-0.3, -0.25) is 4.79 Å². The van der Waals surface area contributed by atoms with Crippen molar-refractivity contribution in [2.45, 2.75) is 38.0 Å². The normalized spacial score (nSPS) is 17.9. The van der Waals surface area contributed by atoms with Crippen LogP contribution in [-0.4, -0.2) is 55.4 Å². The number of amides is 2. The SMILES string of the molecule is COC(=O)N1CC(O)(c2ccc(N3C(=O)Cc4cc(OC)c(OC(C)C)cc4C3c3ccc(Cl)cc3)cc2)C1. The fourth-order valence-electron chi connectivity index (χ4n) is 5.29. The summed E-state index contributed by atoms with van der Waals surface area (Å²) in [7, 11) is 2.90. The van der Waals surface area contributed by atoms with E-state index in [4.69, 9.17) is 25.8 Å². The summed E-state index contributed by atoms with van der Waals surface area (Å²) < 4.78 is 16.4. The van der Waals surface area contributed by atoms with Crippen molar-refractivity contribution >= 4 is 29.3 Å². The summed E-state index contributed by atoms with van der Waals surface area (Å²) in [5.41, 5.74) is 2.88. The van der Waals surface area contributed by atoms with Gasteiger partial charge in [-0.2, -0.15) is 0 Å². The Morgan fingerprint density at radius 3 is 2.28 bits per heavy atom. The fraction of sp³-hybridized carbons (Fsp3) is 0.333. The topological polar surface area (TPSA) is 88.5 Å². The molecule has 2 aliphatic heterocycles. The first kappa shape index (κ1) is 26.8. The van der Waals surface area contributed by atoms with Crippen LogP contribution in [-0.2, 0) is 21.6 Å². The lowest BCUT2D eigenvalue weighted by molar-refractivity contribution is -0.118. The number of hydrogen-bond acceptors (Lipinski definition) is 6. The zero-order chi connectivity index (χ0) is 27.9. The first-order valence-corrected chi connectivity index (χ1v) is 13.1. The van der Waals surface area contributed by atoms with Gasteiger partial charge in [-0.05, 0) is 72.5 Å². The maximum Gasteiger partial charge on any atom is 0.409 e. The molecule has 0 aromatic heterocycles. The predicted octanol–water partition coefficient (Wildman–Crippen LogP) is 5.08. The van der Waals surface area contributed by atoms with Gasteiger partial charge in [0.2, 0.25) is 5.91 Å². The second kappa shape index (κ2) is 10.4. The highest BCUT2D eigenvalue weighted by Gasteiger charge is 2.46. The molecule has 2 aliphatic rings. The van der Waals surface area contributed by atoms with Gasteiger partial charge in [0.05, 0.1) is 45.9 Å². The van der Waals surface area contributed by atoms with E-state index >= 15 is 0 Å². The van der Waals surface area contributed by atoms with Gasteiger partial charge < -0.3 is 29.1 Å². The van der Waals surface area contributed by atoms with E-state index in [0.717, 1.165) is 16.7 Å². The molecule has 0 radical (unpaired) electrons. The van der Waals surface area contributed by atoms with E-state index < -0.39 is 17.7 Å². The maximum atomic E-state index is 13.7. The van der Waals surface area contributed by atoms with E-state index in [9.17, 15) is 14.7 Å². The number of fused-ring (bicyclic) bond motifs is 1.